The van der Waals surface area contributed by atoms with Crippen LogP contribution in [-0.2, 0) is 17.6 Å². The lowest BCUT2D eigenvalue weighted by Crippen LogP contribution is -2.51. The number of nitrogens with one attached hydrogen (secondary N) is 1. The summed E-state index contributed by atoms with van der Waals surface area (Å²) in [5.74, 6) is 0.717. The van der Waals surface area contributed by atoms with Crippen LogP contribution in [0.3, 0.4) is 0 Å². The number of hydrogen-bond donors (Lipinski definition) is 1. The van der Waals surface area contributed by atoms with Crippen molar-refractivity contribution in [3.63, 3.8) is 0 Å². The highest BCUT2D eigenvalue weighted by molar-refractivity contribution is 5.89. The number of pyridine rings is 1. The molecule has 0 radical (unpaired) electrons. The van der Waals surface area contributed by atoms with Crippen LogP contribution < -0.4 is 5.32 Å². The van der Waals surface area contributed by atoms with E-state index in [0.29, 0.717) is 18.0 Å². The Morgan fingerprint density at radius 3 is 2.85 bits per heavy atom. The Bertz CT molecular complexity index is 1140. The van der Waals surface area contributed by atoms with E-state index in [1.807, 2.05) is 18.5 Å². The van der Waals surface area contributed by atoms with Crippen molar-refractivity contribution in [3.05, 3.63) is 65.6 Å². The quantitative estimate of drug-likeness (QED) is 0.478. The second kappa shape index (κ2) is 9.91. The van der Waals surface area contributed by atoms with Crippen molar-refractivity contribution in [3.8, 4) is 0 Å². The smallest absolute Gasteiger partial charge is 0.224 e. The Balaban J connectivity index is 1.19. The van der Waals surface area contributed by atoms with Crippen LogP contribution in [0.5, 0.6) is 0 Å². The molecular weight excluding hydrogens is 420 g/mol. The lowest BCUT2D eigenvalue weighted by atomic mass is 9.72. The average Bonchev–Trinajstić information content (AvgIpc) is 3.22. The van der Waals surface area contributed by atoms with Gasteiger partial charge in [-0.3, -0.25) is 9.78 Å². The molecule has 5 heteroatoms. The van der Waals surface area contributed by atoms with Crippen molar-refractivity contribution in [2.75, 3.05) is 20.1 Å². The maximum absolute atomic E-state index is 13.1. The number of carbonyl (C=O) groups excluding carboxylic acids is 1. The summed E-state index contributed by atoms with van der Waals surface area (Å²) in [5, 5.41) is 4.69. The number of benzene rings is 1. The second-order valence-corrected chi connectivity index (χ2v) is 10.6. The van der Waals surface area contributed by atoms with Crippen LogP contribution in [-0.4, -0.2) is 46.5 Å². The van der Waals surface area contributed by atoms with Gasteiger partial charge in [-0.2, -0.15) is 0 Å². The molecule has 5 rings (SSSR count). The number of likely N-dealkylation sites (N-methyl/N-ethyl adjacent to an activating group) is 1. The van der Waals surface area contributed by atoms with Crippen LogP contribution in [0.15, 0.2) is 48.9 Å². The highest BCUT2D eigenvalue weighted by Gasteiger charge is 2.41. The van der Waals surface area contributed by atoms with Crippen molar-refractivity contribution >= 4 is 16.8 Å². The standard InChI is InChI=1S/C29H38N4O/c1-20(2)33-19-22-16-27-25(24-11-7-12-26(33)28(22)24)15-23(18-32(27)3)29(34)31-14-6-4-5-9-21-10-8-13-30-17-21/h7-8,10-13,17,19-20,23,25,27H,4-6,9,14-16,18H2,1-3H3,(H,31,34)/t23-,25-,27-/m1/s1. The summed E-state index contributed by atoms with van der Waals surface area (Å²) in [6.07, 6.45) is 12.5. The molecule has 34 heavy (non-hydrogen) atoms. The van der Waals surface area contributed by atoms with Gasteiger partial charge in [-0.15, -0.1) is 0 Å². The minimum atomic E-state index is 0.0608. The molecule has 0 saturated carbocycles. The first-order valence-corrected chi connectivity index (χ1v) is 13.0. The first-order chi connectivity index (χ1) is 16.5. The fourth-order valence-electron chi connectivity index (χ4n) is 6.22. The summed E-state index contributed by atoms with van der Waals surface area (Å²) in [5.41, 5.74) is 5.56. The molecule has 0 bridgehead atoms. The highest BCUT2D eigenvalue weighted by atomic mass is 16.1. The third kappa shape index (κ3) is 4.50. The molecule has 1 amide bonds. The number of aryl methyl sites for hydroxylation is 1. The van der Waals surface area contributed by atoms with E-state index in [-0.39, 0.29) is 11.8 Å². The van der Waals surface area contributed by atoms with E-state index in [1.165, 1.54) is 27.6 Å². The van der Waals surface area contributed by atoms with Crippen molar-refractivity contribution in [1.82, 2.24) is 19.8 Å². The molecule has 2 aliphatic rings. The number of rotatable bonds is 8. The average molecular weight is 459 g/mol. The van der Waals surface area contributed by atoms with Crippen LogP contribution in [0.4, 0.5) is 0 Å². The summed E-state index contributed by atoms with van der Waals surface area (Å²) >= 11 is 0. The van der Waals surface area contributed by atoms with Gasteiger partial charge in [0.15, 0.2) is 0 Å². The summed E-state index contributed by atoms with van der Waals surface area (Å²) in [6, 6.07) is 11.8. The summed E-state index contributed by atoms with van der Waals surface area (Å²) < 4.78 is 2.42. The zero-order valence-corrected chi connectivity index (χ0v) is 20.8. The number of carbonyl (C=O) groups is 1. The molecule has 3 atom stereocenters. The van der Waals surface area contributed by atoms with Gasteiger partial charge in [-0.05, 0) is 81.8 Å². The maximum Gasteiger partial charge on any atom is 0.224 e. The maximum atomic E-state index is 13.1. The third-order valence-electron chi connectivity index (χ3n) is 7.97. The number of amides is 1. The predicted molar refractivity (Wildman–Crippen MR) is 138 cm³/mol. The molecule has 1 aromatic carbocycles. The Morgan fingerprint density at radius 1 is 1.18 bits per heavy atom. The number of likely N-dealkylation sites (tertiary alicyclic amines) is 1. The molecule has 2 aromatic heterocycles. The Morgan fingerprint density at radius 2 is 2.06 bits per heavy atom. The molecule has 1 aliphatic heterocycles. The van der Waals surface area contributed by atoms with E-state index in [0.717, 1.165) is 51.6 Å². The van der Waals surface area contributed by atoms with E-state index >= 15 is 0 Å². The molecular formula is C29H38N4O. The lowest BCUT2D eigenvalue weighted by molar-refractivity contribution is -0.127. The molecule has 3 aromatic rings. The van der Waals surface area contributed by atoms with Crippen molar-refractivity contribution < 1.29 is 4.79 Å². The van der Waals surface area contributed by atoms with Crippen LogP contribution in [0, 0.1) is 5.92 Å². The molecule has 1 aliphatic carbocycles. The fourth-order valence-corrected chi connectivity index (χ4v) is 6.22. The number of aromatic nitrogens is 2. The van der Waals surface area contributed by atoms with E-state index in [1.54, 1.807) is 0 Å². The van der Waals surface area contributed by atoms with Gasteiger partial charge < -0.3 is 14.8 Å². The van der Waals surface area contributed by atoms with Crippen LogP contribution in [0.25, 0.3) is 10.9 Å². The minimum absolute atomic E-state index is 0.0608. The fraction of sp³-hybridized carbons (Fsp3) is 0.517. The second-order valence-electron chi connectivity index (χ2n) is 10.6. The van der Waals surface area contributed by atoms with Crippen molar-refractivity contribution in [2.24, 2.45) is 5.92 Å². The zero-order valence-electron chi connectivity index (χ0n) is 20.8. The molecule has 5 nitrogen and oxygen atoms in total. The molecule has 1 saturated heterocycles. The monoisotopic (exact) mass is 458 g/mol. The number of fused-ring (bicyclic) bond motifs is 2. The zero-order chi connectivity index (χ0) is 23.7. The molecule has 180 valence electrons. The van der Waals surface area contributed by atoms with Crippen LogP contribution >= 0.6 is 0 Å². The lowest BCUT2D eigenvalue weighted by Gasteiger charge is -2.45. The summed E-state index contributed by atoms with van der Waals surface area (Å²) in [4.78, 5) is 19.7. The van der Waals surface area contributed by atoms with Gasteiger partial charge in [-0.1, -0.05) is 24.6 Å². The summed E-state index contributed by atoms with van der Waals surface area (Å²) in [7, 11) is 2.21. The van der Waals surface area contributed by atoms with Gasteiger partial charge in [0.1, 0.15) is 0 Å². The van der Waals surface area contributed by atoms with Gasteiger partial charge in [0, 0.05) is 60.6 Å². The molecule has 3 heterocycles. The molecule has 0 unspecified atom stereocenters. The van der Waals surface area contributed by atoms with E-state index in [4.69, 9.17) is 0 Å². The first-order valence-electron chi connectivity index (χ1n) is 13.0. The van der Waals surface area contributed by atoms with Gasteiger partial charge in [0.05, 0.1) is 5.92 Å². The number of unbranched alkanes of at least 4 members (excludes halogenated alkanes) is 2. The SMILES string of the molecule is CC(C)n1cc2c3c(cccc31)[C@H]1C[C@@H](C(=O)NCCCCCc3cccnc3)CN(C)[C@@H]1C2. The van der Waals surface area contributed by atoms with Gasteiger partial charge in [-0.25, -0.2) is 0 Å². The topological polar surface area (TPSA) is 50.2 Å². The minimum Gasteiger partial charge on any atom is -0.356 e. The van der Waals surface area contributed by atoms with E-state index < -0.39 is 0 Å². The van der Waals surface area contributed by atoms with Crippen LogP contribution in [0.2, 0.25) is 0 Å². The van der Waals surface area contributed by atoms with Gasteiger partial charge in [0.25, 0.3) is 0 Å². The Kier molecular flexibility index (Phi) is 6.73. The van der Waals surface area contributed by atoms with E-state index in [2.05, 4.69) is 71.1 Å². The van der Waals surface area contributed by atoms with Crippen molar-refractivity contribution in [1.29, 1.82) is 0 Å². The Hall–Kier alpha value is -2.66. The van der Waals surface area contributed by atoms with E-state index in [9.17, 15) is 4.79 Å². The number of hydrogen-bond acceptors (Lipinski definition) is 3. The molecule has 0 spiro atoms. The third-order valence-corrected chi connectivity index (χ3v) is 7.97. The molecule has 1 N–H and O–H groups in total. The largest absolute Gasteiger partial charge is 0.356 e. The van der Waals surface area contributed by atoms with Gasteiger partial charge in [0.2, 0.25) is 5.91 Å². The highest BCUT2D eigenvalue weighted by Crippen LogP contribution is 2.45. The normalized spacial score (nSPS) is 22.2. The van der Waals surface area contributed by atoms with Crippen molar-refractivity contribution in [2.45, 2.75) is 70.4 Å². The van der Waals surface area contributed by atoms with Gasteiger partial charge >= 0.3 is 0 Å². The number of nitrogens with zero attached hydrogens (tertiary/aromatic N) is 3. The van der Waals surface area contributed by atoms with Crippen LogP contribution in [0.1, 0.15) is 68.2 Å². The number of piperidine rings is 1. The summed E-state index contributed by atoms with van der Waals surface area (Å²) in [6.45, 7) is 6.14. The first kappa shape index (κ1) is 23.1. The molecule has 1 fully saturated rings. The Labute approximate surface area is 203 Å². The predicted octanol–water partition coefficient (Wildman–Crippen LogP) is 5.11.